The molecule has 2 atom stereocenters. The molecule has 0 aliphatic heterocycles. The van der Waals surface area contributed by atoms with Crippen LogP contribution in [0, 0.1) is 17.6 Å². The van der Waals surface area contributed by atoms with Crippen molar-refractivity contribution < 1.29 is 40.3 Å². The van der Waals surface area contributed by atoms with Crippen molar-refractivity contribution in [1.82, 2.24) is 10.0 Å². The van der Waals surface area contributed by atoms with E-state index in [1.165, 1.54) is 28.8 Å². The number of rotatable bonds is 11. The molecule has 2 aromatic carbocycles. The standard InChI is InChI=1S/C26H34F2N2O2S.C2HF3O2/c1-2-29-26-12-10-21-9-7-18(4-3-13-30-33(31,32)17-19-5-6-19)14-22(21)23(26)15-20-8-11-24(27)25(28)16-20;3-2(4,5)1(6)7/h7-9,11,14,16,19,23,26,29-30H,2-6,10,12-13,15,17H2,1H3;(H,6,7). The number of hydrogen-bond donors (Lipinski definition) is 3. The van der Waals surface area contributed by atoms with Crippen molar-refractivity contribution in [2.45, 2.75) is 70.0 Å². The van der Waals surface area contributed by atoms with Crippen LogP contribution in [0.15, 0.2) is 36.4 Å². The third kappa shape index (κ3) is 9.81. The smallest absolute Gasteiger partial charge is 0.475 e. The van der Waals surface area contributed by atoms with E-state index in [1.807, 2.05) is 0 Å². The molecule has 2 unspecified atom stereocenters. The summed E-state index contributed by atoms with van der Waals surface area (Å²) >= 11 is 0. The van der Waals surface area contributed by atoms with Gasteiger partial charge in [-0.25, -0.2) is 26.7 Å². The number of hydrogen-bond acceptors (Lipinski definition) is 4. The second-order valence-electron chi connectivity index (χ2n) is 10.3. The van der Waals surface area contributed by atoms with Crippen molar-refractivity contribution in [1.29, 1.82) is 0 Å². The van der Waals surface area contributed by atoms with Crippen molar-refractivity contribution >= 4 is 16.0 Å². The monoisotopic (exact) mass is 590 g/mol. The van der Waals surface area contributed by atoms with Gasteiger partial charge in [-0.1, -0.05) is 31.2 Å². The number of carbonyl (C=O) groups is 1. The molecular weight excluding hydrogens is 555 g/mol. The number of nitrogens with one attached hydrogen (secondary N) is 2. The first-order valence-corrected chi connectivity index (χ1v) is 15.0. The summed E-state index contributed by atoms with van der Waals surface area (Å²) in [4.78, 5) is 8.90. The summed E-state index contributed by atoms with van der Waals surface area (Å²) in [5.41, 5.74) is 4.56. The van der Waals surface area contributed by atoms with Crippen LogP contribution in [0.1, 0.15) is 60.8 Å². The highest BCUT2D eigenvalue weighted by molar-refractivity contribution is 7.89. The Morgan fingerprint density at radius 3 is 2.30 bits per heavy atom. The van der Waals surface area contributed by atoms with E-state index in [-0.39, 0.29) is 17.7 Å². The number of carboxylic acids is 1. The van der Waals surface area contributed by atoms with Gasteiger partial charge in [0.15, 0.2) is 11.6 Å². The minimum Gasteiger partial charge on any atom is -0.475 e. The summed E-state index contributed by atoms with van der Waals surface area (Å²) in [5.74, 6) is -3.60. The van der Waals surface area contributed by atoms with Crippen molar-refractivity contribution in [3.63, 3.8) is 0 Å². The third-order valence-electron chi connectivity index (χ3n) is 7.08. The fourth-order valence-electron chi connectivity index (χ4n) is 4.95. The Bertz CT molecular complexity index is 1270. The van der Waals surface area contributed by atoms with Crippen LogP contribution in [0.4, 0.5) is 22.0 Å². The van der Waals surface area contributed by atoms with Crippen LogP contribution in [0.5, 0.6) is 0 Å². The molecule has 0 saturated heterocycles. The zero-order valence-electron chi connectivity index (χ0n) is 22.2. The number of alkyl halides is 3. The number of likely N-dealkylation sites (N-methyl/N-ethyl adjacent to an activating group) is 1. The number of benzene rings is 2. The highest BCUT2D eigenvalue weighted by Crippen LogP contribution is 2.36. The van der Waals surface area contributed by atoms with E-state index in [0.29, 0.717) is 18.9 Å². The van der Waals surface area contributed by atoms with Gasteiger partial charge in [0.25, 0.3) is 0 Å². The summed E-state index contributed by atoms with van der Waals surface area (Å²) in [6.45, 7) is 3.39. The van der Waals surface area contributed by atoms with Gasteiger partial charge >= 0.3 is 12.1 Å². The number of carboxylic acid groups (broad SMARTS) is 1. The van der Waals surface area contributed by atoms with E-state index in [2.05, 4.69) is 35.2 Å². The molecule has 2 aromatic rings. The molecule has 1 saturated carbocycles. The molecule has 0 aromatic heterocycles. The summed E-state index contributed by atoms with van der Waals surface area (Å²) in [5, 5.41) is 10.7. The van der Waals surface area contributed by atoms with Crippen LogP contribution in [0.25, 0.3) is 0 Å². The van der Waals surface area contributed by atoms with Crippen molar-refractivity contribution in [2.75, 3.05) is 18.8 Å². The topological polar surface area (TPSA) is 95.5 Å². The second-order valence-corrected chi connectivity index (χ2v) is 12.2. The van der Waals surface area contributed by atoms with E-state index >= 15 is 0 Å². The van der Waals surface area contributed by atoms with E-state index < -0.39 is 33.8 Å². The number of aliphatic carboxylic acids is 1. The molecule has 0 bridgehead atoms. The van der Waals surface area contributed by atoms with Gasteiger partial charge < -0.3 is 10.4 Å². The molecule has 1 fully saturated rings. The van der Waals surface area contributed by atoms with Crippen molar-refractivity contribution in [2.24, 2.45) is 5.92 Å². The maximum absolute atomic E-state index is 13.8. The molecule has 2 aliphatic rings. The molecule has 6 nitrogen and oxygen atoms in total. The van der Waals surface area contributed by atoms with Gasteiger partial charge in [-0.3, -0.25) is 0 Å². The van der Waals surface area contributed by atoms with E-state index in [4.69, 9.17) is 9.90 Å². The molecular formula is C28H35F5N2O4S. The van der Waals surface area contributed by atoms with Gasteiger partial charge in [-0.05, 0) is 91.8 Å². The lowest BCUT2D eigenvalue weighted by molar-refractivity contribution is -0.192. The molecule has 0 amide bonds. The summed E-state index contributed by atoms with van der Waals surface area (Å²) in [6, 6.07) is 11.0. The minimum atomic E-state index is -5.08. The number of fused-ring (bicyclic) bond motifs is 1. The first kappa shape index (κ1) is 32.0. The zero-order chi connectivity index (χ0) is 29.5. The van der Waals surface area contributed by atoms with Crippen molar-refractivity contribution in [3.05, 3.63) is 70.3 Å². The van der Waals surface area contributed by atoms with E-state index in [1.54, 1.807) is 6.07 Å². The van der Waals surface area contributed by atoms with Crippen molar-refractivity contribution in [3.8, 4) is 0 Å². The average Bonchev–Trinajstić information content (AvgIpc) is 3.68. The highest BCUT2D eigenvalue weighted by Gasteiger charge is 2.38. The van der Waals surface area contributed by atoms with E-state index in [9.17, 15) is 30.4 Å². The number of halogens is 5. The third-order valence-corrected chi connectivity index (χ3v) is 8.64. The lowest BCUT2D eigenvalue weighted by Gasteiger charge is -2.35. The number of sulfonamides is 1. The van der Waals surface area contributed by atoms with Gasteiger partial charge in [-0.2, -0.15) is 13.2 Å². The van der Waals surface area contributed by atoms with E-state index in [0.717, 1.165) is 50.6 Å². The molecule has 222 valence electrons. The lowest BCUT2D eigenvalue weighted by Crippen LogP contribution is -2.39. The van der Waals surface area contributed by atoms with Crippen LogP contribution >= 0.6 is 0 Å². The fraction of sp³-hybridized carbons (Fsp3) is 0.536. The molecule has 12 heteroatoms. The first-order chi connectivity index (χ1) is 18.8. The predicted octanol–water partition coefficient (Wildman–Crippen LogP) is 5.11. The first-order valence-electron chi connectivity index (χ1n) is 13.4. The Morgan fingerprint density at radius 1 is 1.02 bits per heavy atom. The van der Waals surface area contributed by atoms with Gasteiger partial charge in [0.2, 0.25) is 10.0 Å². The van der Waals surface area contributed by atoms with Gasteiger partial charge in [-0.15, -0.1) is 0 Å². The van der Waals surface area contributed by atoms with Crippen LogP contribution in [0.2, 0.25) is 0 Å². The van der Waals surface area contributed by atoms with Gasteiger partial charge in [0, 0.05) is 18.5 Å². The minimum absolute atomic E-state index is 0.176. The lowest BCUT2D eigenvalue weighted by atomic mass is 9.75. The Labute approximate surface area is 231 Å². The average molecular weight is 591 g/mol. The molecule has 2 aliphatic carbocycles. The number of aryl methyl sites for hydroxylation is 2. The summed E-state index contributed by atoms with van der Waals surface area (Å²) in [7, 11) is -3.17. The molecule has 4 rings (SSSR count). The Hall–Kier alpha value is -2.57. The molecule has 0 radical (unpaired) electrons. The fourth-order valence-corrected chi connectivity index (χ4v) is 6.48. The van der Waals surface area contributed by atoms with Crippen LogP contribution < -0.4 is 10.0 Å². The summed E-state index contributed by atoms with van der Waals surface area (Å²) < 4.78 is 85.9. The highest BCUT2D eigenvalue weighted by atomic mass is 32.2. The largest absolute Gasteiger partial charge is 0.490 e. The molecule has 3 N–H and O–H groups in total. The molecule has 0 heterocycles. The SMILES string of the molecule is CCNC1CCc2ccc(CCCNS(=O)(=O)CC3CC3)cc2C1Cc1ccc(F)c(F)c1.O=C(O)C(F)(F)F. The van der Waals surface area contributed by atoms with Gasteiger partial charge in [0.05, 0.1) is 5.75 Å². The van der Waals surface area contributed by atoms with Crippen LogP contribution in [-0.2, 0) is 34.1 Å². The Morgan fingerprint density at radius 2 is 1.70 bits per heavy atom. The second kappa shape index (κ2) is 13.9. The van der Waals surface area contributed by atoms with Crippen LogP contribution in [-0.4, -0.2) is 50.6 Å². The maximum Gasteiger partial charge on any atom is 0.490 e. The van der Waals surface area contributed by atoms with Gasteiger partial charge in [0.1, 0.15) is 0 Å². The normalized spacial score (nSPS) is 18.9. The Kier molecular flexibility index (Phi) is 11.1. The predicted molar refractivity (Wildman–Crippen MR) is 142 cm³/mol. The Balaban J connectivity index is 0.000000559. The quantitative estimate of drug-likeness (QED) is 0.250. The molecule has 0 spiro atoms. The van der Waals surface area contributed by atoms with Crippen LogP contribution in [0.3, 0.4) is 0 Å². The summed E-state index contributed by atoms with van der Waals surface area (Å²) in [6.07, 6.45) is 1.15. The maximum atomic E-state index is 13.8. The zero-order valence-corrected chi connectivity index (χ0v) is 23.1. The molecule has 40 heavy (non-hydrogen) atoms.